The van der Waals surface area contributed by atoms with Gasteiger partial charge in [-0.05, 0) is 33.2 Å². The molecule has 1 aliphatic heterocycles. The number of amides is 1. The average molecular weight is 341 g/mol. The maximum Gasteiger partial charge on any atom is 0.221 e. The minimum atomic E-state index is 0.132. The van der Waals surface area contributed by atoms with Crippen LogP contribution in [0, 0.1) is 6.92 Å². The van der Waals surface area contributed by atoms with Crippen molar-refractivity contribution < 1.29 is 9.21 Å². The molecule has 1 atom stereocenters. The molecule has 0 radical (unpaired) electrons. The number of carbonyl (C=O) groups is 1. The number of benzene rings is 1. The van der Waals surface area contributed by atoms with Crippen LogP contribution in [-0.4, -0.2) is 34.9 Å². The zero-order valence-electron chi connectivity index (χ0n) is 15.1. The minimum Gasteiger partial charge on any atom is -0.439 e. The van der Waals surface area contributed by atoms with E-state index in [0.29, 0.717) is 19.5 Å². The van der Waals surface area contributed by atoms with Crippen LogP contribution in [0.2, 0.25) is 0 Å². The molecule has 2 heterocycles. The molecule has 0 aliphatic carbocycles. The maximum absolute atomic E-state index is 11.9. The van der Waals surface area contributed by atoms with E-state index in [-0.39, 0.29) is 11.9 Å². The Kier molecular flexibility index (Phi) is 5.87. The summed E-state index contributed by atoms with van der Waals surface area (Å²) in [4.78, 5) is 18.7. The number of aromatic nitrogens is 1. The van der Waals surface area contributed by atoms with Crippen molar-refractivity contribution in [3.63, 3.8) is 0 Å². The second-order valence-electron chi connectivity index (χ2n) is 6.76. The van der Waals surface area contributed by atoms with Gasteiger partial charge in [0.25, 0.3) is 0 Å². The predicted octanol–water partition coefficient (Wildman–Crippen LogP) is 3.53. The molecule has 1 aromatic carbocycles. The Morgan fingerprint density at radius 2 is 2.12 bits per heavy atom. The zero-order valence-corrected chi connectivity index (χ0v) is 15.1. The zero-order chi connectivity index (χ0) is 17.6. The van der Waals surface area contributed by atoms with Crippen molar-refractivity contribution in [2.24, 2.45) is 0 Å². The molecule has 1 aliphatic rings. The first-order valence-electron chi connectivity index (χ1n) is 9.18. The highest BCUT2D eigenvalue weighted by molar-refractivity contribution is 5.76. The molecule has 1 fully saturated rings. The summed E-state index contributed by atoms with van der Waals surface area (Å²) in [5.74, 6) is 1.65. The first-order valence-corrected chi connectivity index (χ1v) is 9.18. The summed E-state index contributed by atoms with van der Waals surface area (Å²) >= 11 is 0. The molecule has 25 heavy (non-hydrogen) atoms. The molecule has 0 saturated carbocycles. The molecule has 5 heteroatoms. The fourth-order valence-electron chi connectivity index (χ4n) is 3.39. The van der Waals surface area contributed by atoms with Gasteiger partial charge in [-0.25, -0.2) is 4.98 Å². The fraction of sp³-hybridized carbons (Fsp3) is 0.500. The van der Waals surface area contributed by atoms with Gasteiger partial charge in [0.2, 0.25) is 11.8 Å². The van der Waals surface area contributed by atoms with Crippen LogP contribution in [0.4, 0.5) is 0 Å². The molecule has 5 nitrogen and oxygen atoms in total. The standard InChI is InChI=1S/C20H27N3O2/c1-3-21-19(24)12-17-6-4-5-11-23(17)14-20-22-13-18(25-20)16-9-7-15(2)8-10-16/h7-10,13,17H,3-6,11-12,14H2,1-2H3,(H,21,24). The summed E-state index contributed by atoms with van der Waals surface area (Å²) in [6.45, 7) is 6.37. The normalized spacial score (nSPS) is 18.2. The van der Waals surface area contributed by atoms with E-state index in [1.807, 2.05) is 6.92 Å². The van der Waals surface area contributed by atoms with Crippen LogP contribution in [0.25, 0.3) is 11.3 Å². The van der Waals surface area contributed by atoms with Crippen LogP contribution in [0.5, 0.6) is 0 Å². The van der Waals surface area contributed by atoms with E-state index in [4.69, 9.17) is 4.42 Å². The van der Waals surface area contributed by atoms with E-state index < -0.39 is 0 Å². The van der Waals surface area contributed by atoms with Gasteiger partial charge in [-0.15, -0.1) is 0 Å². The van der Waals surface area contributed by atoms with Gasteiger partial charge in [0.15, 0.2) is 5.76 Å². The highest BCUT2D eigenvalue weighted by Crippen LogP contribution is 2.25. The van der Waals surface area contributed by atoms with Crippen molar-refractivity contribution in [3.05, 3.63) is 41.9 Å². The van der Waals surface area contributed by atoms with Crippen LogP contribution in [0.1, 0.15) is 44.1 Å². The Labute approximate surface area is 149 Å². The quantitative estimate of drug-likeness (QED) is 0.873. The number of likely N-dealkylation sites (tertiary alicyclic amines) is 1. The van der Waals surface area contributed by atoms with Gasteiger partial charge in [0, 0.05) is 24.6 Å². The van der Waals surface area contributed by atoms with Crippen LogP contribution < -0.4 is 5.32 Å². The fourth-order valence-corrected chi connectivity index (χ4v) is 3.39. The first-order chi connectivity index (χ1) is 12.2. The number of aryl methyl sites for hydroxylation is 1. The highest BCUT2D eigenvalue weighted by Gasteiger charge is 2.26. The first kappa shape index (κ1) is 17.7. The molecule has 0 bridgehead atoms. The van der Waals surface area contributed by atoms with Gasteiger partial charge in [-0.3, -0.25) is 9.69 Å². The summed E-state index contributed by atoms with van der Waals surface area (Å²) in [5.41, 5.74) is 2.27. The lowest BCUT2D eigenvalue weighted by Crippen LogP contribution is -2.42. The van der Waals surface area contributed by atoms with Crippen LogP contribution >= 0.6 is 0 Å². The Balaban J connectivity index is 1.65. The SMILES string of the molecule is CCNC(=O)CC1CCCCN1Cc1ncc(-c2ccc(C)cc2)o1. The summed E-state index contributed by atoms with van der Waals surface area (Å²) in [6.07, 6.45) is 5.75. The lowest BCUT2D eigenvalue weighted by Gasteiger charge is -2.34. The third-order valence-electron chi connectivity index (χ3n) is 4.77. The number of rotatable bonds is 6. The topological polar surface area (TPSA) is 58.4 Å². The third kappa shape index (κ3) is 4.69. The third-order valence-corrected chi connectivity index (χ3v) is 4.77. The van der Waals surface area contributed by atoms with E-state index in [2.05, 4.69) is 46.4 Å². The van der Waals surface area contributed by atoms with Crippen molar-refractivity contribution in [1.82, 2.24) is 15.2 Å². The summed E-state index contributed by atoms with van der Waals surface area (Å²) in [7, 11) is 0. The predicted molar refractivity (Wildman–Crippen MR) is 98.0 cm³/mol. The summed E-state index contributed by atoms with van der Waals surface area (Å²) in [5, 5.41) is 2.90. The average Bonchev–Trinajstić information content (AvgIpc) is 3.06. The largest absolute Gasteiger partial charge is 0.439 e. The van der Waals surface area contributed by atoms with Crippen LogP contribution in [0.15, 0.2) is 34.9 Å². The lowest BCUT2D eigenvalue weighted by atomic mass is 9.99. The second-order valence-corrected chi connectivity index (χ2v) is 6.76. The number of hydrogen-bond acceptors (Lipinski definition) is 4. The molecule has 3 rings (SSSR count). The van der Waals surface area contributed by atoms with Gasteiger partial charge < -0.3 is 9.73 Å². The monoisotopic (exact) mass is 341 g/mol. The lowest BCUT2D eigenvalue weighted by molar-refractivity contribution is -0.122. The molecule has 1 unspecified atom stereocenters. The molecule has 1 saturated heterocycles. The van der Waals surface area contributed by atoms with E-state index in [0.717, 1.165) is 36.6 Å². The van der Waals surface area contributed by atoms with Gasteiger partial charge >= 0.3 is 0 Å². The van der Waals surface area contributed by atoms with Crippen molar-refractivity contribution in [3.8, 4) is 11.3 Å². The van der Waals surface area contributed by atoms with Crippen LogP contribution in [-0.2, 0) is 11.3 Å². The second kappa shape index (κ2) is 8.30. The smallest absolute Gasteiger partial charge is 0.221 e. The van der Waals surface area contributed by atoms with Crippen molar-refractivity contribution in [2.75, 3.05) is 13.1 Å². The van der Waals surface area contributed by atoms with Crippen molar-refractivity contribution >= 4 is 5.91 Å². The Morgan fingerprint density at radius 1 is 1.32 bits per heavy atom. The maximum atomic E-state index is 11.9. The molecule has 134 valence electrons. The number of piperidine rings is 1. The molecule has 2 aromatic rings. The number of nitrogens with one attached hydrogen (secondary N) is 1. The van der Waals surface area contributed by atoms with Gasteiger partial charge in [-0.1, -0.05) is 36.2 Å². The molecule has 1 amide bonds. The van der Waals surface area contributed by atoms with E-state index in [1.165, 1.54) is 12.0 Å². The number of hydrogen-bond donors (Lipinski definition) is 1. The molecule has 1 aromatic heterocycles. The Hall–Kier alpha value is -2.14. The summed E-state index contributed by atoms with van der Waals surface area (Å²) in [6, 6.07) is 8.53. The van der Waals surface area contributed by atoms with E-state index >= 15 is 0 Å². The van der Waals surface area contributed by atoms with Gasteiger partial charge in [0.05, 0.1) is 12.7 Å². The van der Waals surface area contributed by atoms with E-state index in [1.54, 1.807) is 6.20 Å². The highest BCUT2D eigenvalue weighted by atomic mass is 16.4. The number of nitrogens with zero attached hydrogens (tertiary/aromatic N) is 2. The minimum absolute atomic E-state index is 0.132. The van der Waals surface area contributed by atoms with E-state index in [9.17, 15) is 4.79 Å². The Morgan fingerprint density at radius 3 is 2.88 bits per heavy atom. The van der Waals surface area contributed by atoms with Gasteiger partial charge in [-0.2, -0.15) is 0 Å². The molecular weight excluding hydrogens is 314 g/mol. The Bertz CT molecular complexity index is 693. The molecular formula is C20H27N3O2. The number of carbonyl (C=O) groups excluding carboxylic acids is 1. The van der Waals surface area contributed by atoms with Crippen LogP contribution in [0.3, 0.4) is 0 Å². The number of oxazole rings is 1. The van der Waals surface area contributed by atoms with Crippen molar-refractivity contribution in [2.45, 2.75) is 52.1 Å². The molecule has 1 N–H and O–H groups in total. The van der Waals surface area contributed by atoms with Crippen molar-refractivity contribution in [1.29, 1.82) is 0 Å². The summed E-state index contributed by atoms with van der Waals surface area (Å²) < 4.78 is 5.96. The van der Waals surface area contributed by atoms with Gasteiger partial charge in [0.1, 0.15) is 0 Å². The molecule has 0 spiro atoms.